The van der Waals surface area contributed by atoms with Crippen LogP contribution in [0.2, 0.25) is 0 Å². The van der Waals surface area contributed by atoms with Crippen molar-refractivity contribution in [2.75, 3.05) is 6.61 Å². The molecule has 1 heterocycles. The van der Waals surface area contributed by atoms with Gasteiger partial charge in [0.1, 0.15) is 0 Å². The van der Waals surface area contributed by atoms with Gasteiger partial charge in [-0.3, -0.25) is 4.68 Å². The third-order valence-electron chi connectivity index (χ3n) is 2.11. The quantitative estimate of drug-likeness (QED) is 0.748. The van der Waals surface area contributed by atoms with E-state index in [0.29, 0.717) is 5.92 Å². The summed E-state index contributed by atoms with van der Waals surface area (Å²) in [6.07, 6.45) is 3.84. The highest BCUT2D eigenvalue weighted by atomic mass is 16.3. The maximum absolute atomic E-state index is 8.92. The molecular weight excluding hydrogens is 164 g/mol. The minimum Gasteiger partial charge on any atom is -0.396 e. The van der Waals surface area contributed by atoms with Crippen molar-refractivity contribution >= 4 is 0 Å². The smallest absolute Gasteiger partial charge is 0.0492 e. The second-order valence-electron chi connectivity index (χ2n) is 3.54. The zero-order valence-corrected chi connectivity index (χ0v) is 8.40. The Kier molecular flexibility index (Phi) is 3.96. The molecule has 1 rings (SSSR count). The molecule has 0 spiro atoms. The summed E-state index contributed by atoms with van der Waals surface area (Å²) < 4.78 is 2.02. The van der Waals surface area contributed by atoms with Gasteiger partial charge in [-0.1, -0.05) is 13.8 Å². The number of rotatable bonds is 5. The lowest BCUT2D eigenvalue weighted by atomic mass is 10.1. The van der Waals surface area contributed by atoms with Gasteiger partial charge in [0.15, 0.2) is 0 Å². The van der Waals surface area contributed by atoms with Crippen molar-refractivity contribution in [2.45, 2.75) is 33.2 Å². The van der Waals surface area contributed by atoms with E-state index in [9.17, 15) is 0 Å². The van der Waals surface area contributed by atoms with Crippen LogP contribution in [-0.2, 0) is 13.0 Å². The molecule has 3 heteroatoms. The Labute approximate surface area is 79.4 Å². The first kappa shape index (κ1) is 10.3. The second kappa shape index (κ2) is 5.02. The Morgan fingerprint density at radius 1 is 1.62 bits per heavy atom. The molecule has 1 N–H and O–H groups in total. The van der Waals surface area contributed by atoms with Crippen LogP contribution in [0.3, 0.4) is 0 Å². The molecule has 0 aliphatic carbocycles. The molecular formula is C10H18N2O. The van der Waals surface area contributed by atoms with Crippen molar-refractivity contribution in [3.05, 3.63) is 18.0 Å². The van der Waals surface area contributed by atoms with Crippen molar-refractivity contribution in [1.82, 2.24) is 9.78 Å². The number of hydrogen-bond donors (Lipinski definition) is 1. The van der Waals surface area contributed by atoms with E-state index in [1.807, 2.05) is 23.9 Å². The van der Waals surface area contributed by atoms with Crippen LogP contribution in [0.5, 0.6) is 0 Å². The summed E-state index contributed by atoms with van der Waals surface area (Å²) in [5.74, 6) is 0.326. The van der Waals surface area contributed by atoms with Crippen LogP contribution in [0, 0.1) is 5.92 Å². The molecule has 1 atom stereocenters. The fraction of sp³-hybridized carbons (Fsp3) is 0.700. The van der Waals surface area contributed by atoms with Gasteiger partial charge >= 0.3 is 0 Å². The van der Waals surface area contributed by atoms with Crippen LogP contribution in [-0.4, -0.2) is 21.5 Å². The zero-order valence-electron chi connectivity index (χ0n) is 8.40. The molecule has 1 aromatic heterocycles. The first-order valence-corrected chi connectivity index (χ1v) is 4.89. The Balaban J connectivity index is 2.59. The summed E-state index contributed by atoms with van der Waals surface area (Å²) >= 11 is 0. The van der Waals surface area contributed by atoms with Gasteiger partial charge < -0.3 is 5.11 Å². The van der Waals surface area contributed by atoms with Crippen LogP contribution in [0.1, 0.15) is 26.0 Å². The van der Waals surface area contributed by atoms with E-state index in [-0.39, 0.29) is 6.61 Å². The van der Waals surface area contributed by atoms with Crippen molar-refractivity contribution < 1.29 is 5.11 Å². The van der Waals surface area contributed by atoms with Gasteiger partial charge in [-0.2, -0.15) is 5.10 Å². The highest BCUT2D eigenvalue weighted by Crippen LogP contribution is 2.07. The summed E-state index contributed by atoms with van der Waals surface area (Å²) in [5.41, 5.74) is 1.23. The summed E-state index contributed by atoms with van der Waals surface area (Å²) in [4.78, 5) is 0. The predicted molar refractivity (Wildman–Crippen MR) is 52.5 cm³/mol. The van der Waals surface area contributed by atoms with Crippen LogP contribution in [0.15, 0.2) is 12.3 Å². The molecule has 0 aliphatic rings. The maximum Gasteiger partial charge on any atom is 0.0492 e. The third kappa shape index (κ3) is 2.84. The van der Waals surface area contributed by atoms with E-state index >= 15 is 0 Å². The van der Waals surface area contributed by atoms with Gasteiger partial charge in [0, 0.05) is 25.0 Å². The number of aromatic nitrogens is 2. The number of aliphatic hydroxyl groups excluding tert-OH is 1. The molecule has 1 aromatic rings. The van der Waals surface area contributed by atoms with E-state index in [1.165, 1.54) is 5.69 Å². The predicted octanol–water partition coefficient (Wildman–Crippen LogP) is 1.46. The van der Waals surface area contributed by atoms with Gasteiger partial charge in [-0.15, -0.1) is 0 Å². The monoisotopic (exact) mass is 182 g/mol. The van der Waals surface area contributed by atoms with E-state index in [2.05, 4.69) is 12.0 Å². The number of hydrogen-bond acceptors (Lipinski definition) is 2. The van der Waals surface area contributed by atoms with Crippen LogP contribution in [0.25, 0.3) is 0 Å². The fourth-order valence-corrected chi connectivity index (χ4v) is 1.37. The molecule has 0 radical (unpaired) electrons. The molecule has 3 nitrogen and oxygen atoms in total. The molecule has 0 saturated heterocycles. The first-order chi connectivity index (χ1) is 6.27. The minimum absolute atomic E-state index is 0.247. The molecule has 0 aliphatic heterocycles. The average molecular weight is 182 g/mol. The number of nitrogens with zero attached hydrogens (tertiary/aromatic N) is 2. The fourth-order valence-electron chi connectivity index (χ4n) is 1.37. The SMILES string of the molecule is CCCn1nccc1CC(C)CO. The standard InChI is InChI=1S/C10H18N2O/c1-3-6-12-10(4-5-11-12)7-9(2)8-13/h4-5,9,13H,3,6-8H2,1-2H3. The van der Waals surface area contributed by atoms with Gasteiger partial charge in [0.25, 0.3) is 0 Å². The molecule has 0 aromatic carbocycles. The topological polar surface area (TPSA) is 38.0 Å². The van der Waals surface area contributed by atoms with E-state index in [0.717, 1.165) is 19.4 Å². The highest BCUT2D eigenvalue weighted by molar-refractivity contribution is 5.01. The van der Waals surface area contributed by atoms with Crippen molar-refractivity contribution in [3.8, 4) is 0 Å². The van der Waals surface area contributed by atoms with Crippen molar-refractivity contribution in [1.29, 1.82) is 0 Å². The largest absolute Gasteiger partial charge is 0.396 e. The maximum atomic E-state index is 8.92. The first-order valence-electron chi connectivity index (χ1n) is 4.89. The Hall–Kier alpha value is -0.830. The van der Waals surface area contributed by atoms with Gasteiger partial charge in [0.05, 0.1) is 0 Å². The number of aliphatic hydroxyl groups is 1. The number of aryl methyl sites for hydroxylation is 1. The van der Waals surface area contributed by atoms with E-state index in [4.69, 9.17) is 5.11 Å². The van der Waals surface area contributed by atoms with Crippen molar-refractivity contribution in [2.24, 2.45) is 5.92 Å². The lowest BCUT2D eigenvalue weighted by molar-refractivity contribution is 0.235. The molecule has 0 amide bonds. The molecule has 1 unspecified atom stereocenters. The Morgan fingerprint density at radius 3 is 3.00 bits per heavy atom. The van der Waals surface area contributed by atoms with E-state index in [1.54, 1.807) is 0 Å². The zero-order chi connectivity index (χ0) is 9.68. The lowest BCUT2D eigenvalue weighted by Crippen LogP contribution is -2.10. The minimum atomic E-state index is 0.247. The van der Waals surface area contributed by atoms with Gasteiger partial charge in [-0.25, -0.2) is 0 Å². The average Bonchev–Trinajstić information content (AvgIpc) is 2.54. The third-order valence-corrected chi connectivity index (χ3v) is 2.11. The van der Waals surface area contributed by atoms with E-state index < -0.39 is 0 Å². The highest BCUT2D eigenvalue weighted by Gasteiger charge is 2.06. The molecule has 13 heavy (non-hydrogen) atoms. The van der Waals surface area contributed by atoms with Crippen LogP contribution in [0.4, 0.5) is 0 Å². The van der Waals surface area contributed by atoms with Gasteiger partial charge in [-0.05, 0) is 24.8 Å². The lowest BCUT2D eigenvalue weighted by Gasteiger charge is -2.09. The Bertz CT molecular complexity index is 245. The van der Waals surface area contributed by atoms with Gasteiger partial charge in [0.2, 0.25) is 0 Å². The van der Waals surface area contributed by atoms with Crippen LogP contribution >= 0.6 is 0 Å². The van der Waals surface area contributed by atoms with Crippen molar-refractivity contribution in [3.63, 3.8) is 0 Å². The normalized spacial score (nSPS) is 13.2. The summed E-state index contributed by atoms with van der Waals surface area (Å²) in [6, 6.07) is 2.03. The molecule has 0 saturated carbocycles. The summed E-state index contributed by atoms with van der Waals surface area (Å²) in [7, 11) is 0. The molecule has 74 valence electrons. The van der Waals surface area contributed by atoms with Crippen LogP contribution < -0.4 is 0 Å². The molecule has 0 fully saturated rings. The summed E-state index contributed by atoms with van der Waals surface area (Å²) in [6.45, 7) is 5.40. The second-order valence-corrected chi connectivity index (χ2v) is 3.54. The molecule has 0 bridgehead atoms. The Morgan fingerprint density at radius 2 is 2.38 bits per heavy atom. The summed E-state index contributed by atoms with van der Waals surface area (Å²) in [5, 5.41) is 13.2.